The van der Waals surface area contributed by atoms with E-state index in [1.807, 2.05) is 12.1 Å². The summed E-state index contributed by atoms with van der Waals surface area (Å²) in [4.78, 5) is 0. The van der Waals surface area contributed by atoms with E-state index in [-0.39, 0.29) is 0 Å². The van der Waals surface area contributed by atoms with Crippen LogP contribution in [0.25, 0.3) is 0 Å². The number of nitrogens with one attached hydrogen (secondary N) is 1. The normalized spacial score (nSPS) is 23.4. The molecular formula is C15H19ClN2. The topological polar surface area (TPSA) is 35.8 Å². The third-order valence-corrected chi connectivity index (χ3v) is 4.19. The van der Waals surface area contributed by atoms with Gasteiger partial charge in [0.05, 0.1) is 22.3 Å². The molecule has 0 heterocycles. The highest BCUT2D eigenvalue weighted by molar-refractivity contribution is 6.33. The number of anilines is 1. The molecule has 0 aliphatic heterocycles. The first-order valence-electron chi connectivity index (χ1n) is 6.69. The van der Waals surface area contributed by atoms with Gasteiger partial charge in [0.2, 0.25) is 0 Å². The number of hydrogen-bond acceptors (Lipinski definition) is 2. The zero-order valence-electron chi connectivity index (χ0n) is 10.7. The molecule has 2 nitrogen and oxygen atoms in total. The summed E-state index contributed by atoms with van der Waals surface area (Å²) in [7, 11) is 0. The van der Waals surface area contributed by atoms with Crippen molar-refractivity contribution in [3.05, 3.63) is 28.8 Å². The molecule has 1 aromatic rings. The Morgan fingerprint density at radius 3 is 2.61 bits per heavy atom. The molecule has 1 aliphatic rings. The summed E-state index contributed by atoms with van der Waals surface area (Å²) < 4.78 is 0. The van der Waals surface area contributed by atoms with Crippen LogP contribution in [0.1, 0.15) is 44.6 Å². The van der Waals surface area contributed by atoms with Crippen LogP contribution in [-0.2, 0) is 0 Å². The number of benzene rings is 1. The van der Waals surface area contributed by atoms with Gasteiger partial charge in [0.15, 0.2) is 0 Å². The van der Waals surface area contributed by atoms with Crippen molar-refractivity contribution in [2.24, 2.45) is 5.92 Å². The van der Waals surface area contributed by atoms with Crippen molar-refractivity contribution in [2.45, 2.75) is 45.1 Å². The molecule has 1 saturated carbocycles. The Bertz CT molecular complexity index is 442. The second-order valence-corrected chi connectivity index (χ2v) is 5.48. The third-order valence-electron chi connectivity index (χ3n) is 3.88. The minimum atomic E-state index is 0.526. The summed E-state index contributed by atoms with van der Waals surface area (Å²) in [5.74, 6) is 0.902. The molecule has 1 N–H and O–H groups in total. The SMILES string of the molecule is CCC1CCC(Nc2ccc(C#N)cc2Cl)CC1. The molecule has 0 radical (unpaired) electrons. The number of halogens is 1. The summed E-state index contributed by atoms with van der Waals surface area (Å²) in [6.45, 7) is 2.27. The zero-order valence-corrected chi connectivity index (χ0v) is 11.5. The highest BCUT2D eigenvalue weighted by atomic mass is 35.5. The fraction of sp³-hybridized carbons (Fsp3) is 0.533. The lowest BCUT2D eigenvalue weighted by molar-refractivity contribution is 0.330. The second kappa shape index (κ2) is 6.11. The van der Waals surface area contributed by atoms with Crippen LogP contribution < -0.4 is 5.32 Å². The van der Waals surface area contributed by atoms with Crippen LogP contribution in [0.5, 0.6) is 0 Å². The van der Waals surface area contributed by atoms with Gasteiger partial charge in [-0.2, -0.15) is 5.26 Å². The van der Waals surface area contributed by atoms with Gasteiger partial charge in [-0.3, -0.25) is 0 Å². The van der Waals surface area contributed by atoms with Gasteiger partial charge < -0.3 is 5.32 Å². The quantitative estimate of drug-likeness (QED) is 0.865. The van der Waals surface area contributed by atoms with E-state index in [0.717, 1.165) is 11.6 Å². The summed E-state index contributed by atoms with van der Waals surface area (Å²) >= 11 is 6.17. The Morgan fingerprint density at radius 1 is 1.33 bits per heavy atom. The number of nitrogens with zero attached hydrogens (tertiary/aromatic N) is 1. The minimum absolute atomic E-state index is 0.526. The van der Waals surface area contributed by atoms with E-state index in [0.29, 0.717) is 16.6 Å². The number of nitriles is 1. The van der Waals surface area contributed by atoms with Crippen molar-refractivity contribution >= 4 is 17.3 Å². The molecule has 0 aromatic heterocycles. The fourth-order valence-electron chi connectivity index (χ4n) is 2.64. The van der Waals surface area contributed by atoms with Gasteiger partial charge in [0, 0.05) is 6.04 Å². The molecule has 2 rings (SSSR count). The van der Waals surface area contributed by atoms with E-state index in [1.54, 1.807) is 6.07 Å². The van der Waals surface area contributed by atoms with E-state index in [9.17, 15) is 0 Å². The molecule has 0 spiro atoms. The van der Waals surface area contributed by atoms with Gasteiger partial charge in [0.1, 0.15) is 0 Å². The molecule has 18 heavy (non-hydrogen) atoms. The Kier molecular flexibility index (Phi) is 4.49. The molecular weight excluding hydrogens is 244 g/mol. The first kappa shape index (κ1) is 13.2. The smallest absolute Gasteiger partial charge is 0.0992 e. The molecule has 0 amide bonds. The van der Waals surface area contributed by atoms with E-state index >= 15 is 0 Å². The second-order valence-electron chi connectivity index (χ2n) is 5.08. The maximum atomic E-state index is 8.80. The monoisotopic (exact) mass is 262 g/mol. The highest BCUT2D eigenvalue weighted by Gasteiger charge is 2.20. The molecule has 1 aromatic carbocycles. The van der Waals surface area contributed by atoms with Crippen molar-refractivity contribution in [1.82, 2.24) is 0 Å². The van der Waals surface area contributed by atoms with Crippen LogP contribution in [0.3, 0.4) is 0 Å². The average molecular weight is 263 g/mol. The molecule has 0 saturated heterocycles. The lowest BCUT2D eigenvalue weighted by Crippen LogP contribution is -2.26. The van der Waals surface area contributed by atoms with Gasteiger partial charge >= 0.3 is 0 Å². The van der Waals surface area contributed by atoms with Gasteiger partial charge in [-0.1, -0.05) is 24.9 Å². The maximum absolute atomic E-state index is 8.80. The van der Waals surface area contributed by atoms with Crippen molar-refractivity contribution in [2.75, 3.05) is 5.32 Å². The first-order chi connectivity index (χ1) is 8.72. The van der Waals surface area contributed by atoms with Crippen LogP contribution in [0.4, 0.5) is 5.69 Å². The molecule has 1 fully saturated rings. The Balaban J connectivity index is 1.96. The third kappa shape index (κ3) is 3.17. The average Bonchev–Trinajstić information content (AvgIpc) is 2.42. The molecule has 0 unspecified atom stereocenters. The lowest BCUT2D eigenvalue weighted by atomic mass is 9.84. The maximum Gasteiger partial charge on any atom is 0.0992 e. The standard InChI is InChI=1S/C15H19ClN2/c1-2-11-3-6-13(7-4-11)18-15-8-5-12(10-17)9-14(15)16/h5,8-9,11,13,18H,2-4,6-7H2,1H3. The highest BCUT2D eigenvalue weighted by Crippen LogP contribution is 2.30. The number of rotatable bonds is 3. The van der Waals surface area contributed by atoms with E-state index in [2.05, 4.69) is 18.3 Å². The van der Waals surface area contributed by atoms with Crippen molar-refractivity contribution < 1.29 is 0 Å². The number of hydrogen-bond donors (Lipinski definition) is 1. The lowest BCUT2D eigenvalue weighted by Gasteiger charge is -2.29. The minimum Gasteiger partial charge on any atom is -0.381 e. The molecule has 3 heteroatoms. The molecule has 96 valence electrons. The summed E-state index contributed by atoms with van der Waals surface area (Å²) in [5.41, 5.74) is 1.57. The molecule has 1 aliphatic carbocycles. The van der Waals surface area contributed by atoms with Crippen molar-refractivity contribution in [3.63, 3.8) is 0 Å². The van der Waals surface area contributed by atoms with Crippen LogP contribution in [-0.4, -0.2) is 6.04 Å². The summed E-state index contributed by atoms with van der Waals surface area (Å²) in [6.07, 6.45) is 6.35. The predicted octanol–water partition coefficient (Wildman–Crippen LogP) is 4.59. The summed E-state index contributed by atoms with van der Waals surface area (Å²) in [6, 6.07) is 8.07. The van der Waals surface area contributed by atoms with Crippen LogP contribution in [0, 0.1) is 17.2 Å². The Hall–Kier alpha value is -1.20. The zero-order chi connectivity index (χ0) is 13.0. The first-order valence-corrected chi connectivity index (χ1v) is 7.07. The largest absolute Gasteiger partial charge is 0.381 e. The van der Waals surface area contributed by atoms with Crippen LogP contribution in [0.2, 0.25) is 5.02 Å². The van der Waals surface area contributed by atoms with Crippen LogP contribution >= 0.6 is 11.6 Å². The molecule has 0 atom stereocenters. The van der Waals surface area contributed by atoms with Gasteiger partial charge in [-0.25, -0.2) is 0 Å². The van der Waals surface area contributed by atoms with E-state index in [4.69, 9.17) is 16.9 Å². The Morgan fingerprint density at radius 2 is 2.06 bits per heavy atom. The predicted molar refractivity (Wildman–Crippen MR) is 75.8 cm³/mol. The molecule has 0 bridgehead atoms. The Labute approximate surface area is 114 Å². The van der Waals surface area contributed by atoms with Gasteiger partial charge in [-0.15, -0.1) is 0 Å². The summed E-state index contributed by atoms with van der Waals surface area (Å²) in [5, 5.41) is 13.0. The van der Waals surface area contributed by atoms with E-state index < -0.39 is 0 Å². The van der Waals surface area contributed by atoms with Crippen molar-refractivity contribution in [1.29, 1.82) is 5.26 Å². The van der Waals surface area contributed by atoms with Gasteiger partial charge in [0.25, 0.3) is 0 Å². The van der Waals surface area contributed by atoms with E-state index in [1.165, 1.54) is 32.1 Å². The van der Waals surface area contributed by atoms with Gasteiger partial charge in [-0.05, 0) is 49.8 Å². The fourth-order valence-corrected chi connectivity index (χ4v) is 2.87. The van der Waals surface area contributed by atoms with Crippen molar-refractivity contribution in [3.8, 4) is 6.07 Å². The van der Waals surface area contributed by atoms with Crippen LogP contribution in [0.15, 0.2) is 18.2 Å².